The number of aromatic nitrogens is 3. The first-order chi connectivity index (χ1) is 13.9. The number of carbonyl (C=O) groups is 1. The summed E-state index contributed by atoms with van der Waals surface area (Å²) in [6, 6.07) is 12.2. The van der Waals surface area contributed by atoms with Crippen LogP contribution in [0.25, 0.3) is 16.9 Å². The summed E-state index contributed by atoms with van der Waals surface area (Å²) >= 11 is 1.59. The summed E-state index contributed by atoms with van der Waals surface area (Å²) in [4.78, 5) is 22.2. The van der Waals surface area contributed by atoms with E-state index in [1.807, 2.05) is 48.9 Å². The van der Waals surface area contributed by atoms with Crippen molar-refractivity contribution >= 4 is 22.9 Å². The van der Waals surface area contributed by atoms with Gasteiger partial charge in [-0.3, -0.25) is 4.79 Å². The van der Waals surface area contributed by atoms with E-state index in [1.54, 1.807) is 11.3 Å². The summed E-state index contributed by atoms with van der Waals surface area (Å²) in [5, 5.41) is 6.07. The van der Waals surface area contributed by atoms with Crippen molar-refractivity contribution in [3.63, 3.8) is 0 Å². The fourth-order valence-corrected chi connectivity index (χ4v) is 4.11. The van der Waals surface area contributed by atoms with E-state index < -0.39 is 0 Å². The molecule has 4 aromatic rings. The maximum Gasteiger partial charge on any atom is 0.226 e. The van der Waals surface area contributed by atoms with Crippen LogP contribution in [0.2, 0.25) is 0 Å². The van der Waals surface area contributed by atoms with Gasteiger partial charge in [-0.1, -0.05) is 35.9 Å². The fraction of sp³-hybridized carbons (Fsp3) is 0.261. The van der Waals surface area contributed by atoms with Crippen LogP contribution in [0.5, 0.6) is 0 Å². The lowest BCUT2D eigenvalue weighted by Crippen LogP contribution is -2.28. The van der Waals surface area contributed by atoms with Gasteiger partial charge in [0.25, 0.3) is 0 Å². The first kappa shape index (κ1) is 19.3. The van der Waals surface area contributed by atoms with E-state index in [2.05, 4.69) is 41.5 Å². The highest BCUT2D eigenvalue weighted by molar-refractivity contribution is 7.09. The third-order valence-electron chi connectivity index (χ3n) is 4.98. The second kappa shape index (κ2) is 7.79. The maximum absolute atomic E-state index is 12.9. The molecule has 1 aromatic carbocycles. The van der Waals surface area contributed by atoms with Crippen LogP contribution in [0, 0.1) is 20.8 Å². The Kier molecular flexibility index (Phi) is 5.20. The minimum absolute atomic E-state index is 0.0418. The Morgan fingerprint density at radius 2 is 1.79 bits per heavy atom. The molecule has 29 heavy (non-hydrogen) atoms. The Bertz CT molecular complexity index is 1170. The smallest absolute Gasteiger partial charge is 0.226 e. The average molecular weight is 405 g/mol. The van der Waals surface area contributed by atoms with Gasteiger partial charge in [0, 0.05) is 17.1 Å². The molecule has 0 aliphatic rings. The van der Waals surface area contributed by atoms with Crippen molar-refractivity contribution in [2.24, 2.45) is 0 Å². The molecule has 6 heteroatoms. The van der Waals surface area contributed by atoms with Gasteiger partial charge in [0.15, 0.2) is 0 Å². The van der Waals surface area contributed by atoms with Crippen molar-refractivity contribution in [2.75, 3.05) is 0 Å². The number of imidazole rings is 1. The molecule has 0 aliphatic heterocycles. The Labute approximate surface area is 174 Å². The second-order valence-corrected chi connectivity index (χ2v) is 8.53. The summed E-state index contributed by atoms with van der Waals surface area (Å²) in [5.41, 5.74) is 6.82. The number of benzene rings is 1. The van der Waals surface area contributed by atoms with E-state index in [0.29, 0.717) is 0 Å². The van der Waals surface area contributed by atoms with Crippen molar-refractivity contribution in [3.8, 4) is 11.3 Å². The molecule has 0 saturated carbocycles. The van der Waals surface area contributed by atoms with Crippen LogP contribution in [-0.2, 0) is 11.2 Å². The molecule has 1 atom stereocenters. The lowest BCUT2D eigenvalue weighted by molar-refractivity contribution is -0.121. The molecule has 148 valence electrons. The van der Waals surface area contributed by atoms with Crippen LogP contribution >= 0.6 is 11.3 Å². The highest BCUT2D eigenvalue weighted by Gasteiger charge is 2.19. The van der Waals surface area contributed by atoms with Crippen LogP contribution in [0.3, 0.4) is 0 Å². The van der Waals surface area contributed by atoms with Gasteiger partial charge in [-0.05, 0) is 39.3 Å². The summed E-state index contributed by atoms with van der Waals surface area (Å²) in [6.45, 7) is 8.04. The summed E-state index contributed by atoms with van der Waals surface area (Å²) in [6.07, 6.45) is 2.29. The molecule has 5 nitrogen and oxygen atoms in total. The number of pyridine rings is 1. The summed E-state index contributed by atoms with van der Waals surface area (Å²) in [7, 11) is 0. The number of aryl methyl sites for hydroxylation is 3. The minimum Gasteiger partial charge on any atom is -0.348 e. The van der Waals surface area contributed by atoms with Crippen molar-refractivity contribution in [3.05, 3.63) is 75.5 Å². The molecule has 3 heterocycles. The number of fused-ring (bicyclic) bond motifs is 1. The van der Waals surface area contributed by atoms with E-state index in [1.165, 1.54) is 5.56 Å². The number of nitrogens with one attached hydrogen (secondary N) is 1. The zero-order chi connectivity index (χ0) is 20.5. The number of carbonyl (C=O) groups excluding carboxylic acids is 1. The van der Waals surface area contributed by atoms with Crippen LogP contribution in [0.1, 0.15) is 40.5 Å². The first-order valence-corrected chi connectivity index (χ1v) is 10.5. The quantitative estimate of drug-likeness (QED) is 0.520. The third-order valence-corrected chi connectivity index (χ3v) is 5.77. The normalized spacial score (nSPS) is 12.3. The predicted molar refractivity (Wildman–Crippen MR) is 117 cm³/mol. The Morgan fingerprint density at radius 3 is 2.48 bits per heavy atom. The van der Waals surface area contributed by atoms with Crippen LogP contribution in [-0.4, -0.2) is 20.3 Å². The van der Waals surface area contributed by atoms with Crippen molar-refractivity contribution in [2.45, 2.75) is 40.2 Å². The van der Waals surface area contributed by atoms with Crippen LogP contribution in [0.15, 0.2) is 48.0 Å². The van der Waals surface area contributed by atoms with E-state index in [9.17, 15) is 4.79 Å². The molecule has 1 N–H and O–H groups in total. The van der Waals surface area contributed by atoms with Crippen molar-refractivity contribution in [1.29, 1.82) is 0 Å². The van der Waals surface area contributed by atoms with Crippen LogP contribution in [0.4, 0.5) is 0 Å². The van der Waals surface area contributed by atoms with Gasteiger partial charge >= 0.3 is 0 Å². The number of hydrogen-bond acceptors (Lipinski definition) is 4. The van der Waals surface area contributed by atoms with E-state index >= 15 is 0 Å². The molecule has 0 bridgehead atoms. The van der Waals surface area contributed by atoms with Crippen molar-refractivity contribution in [1.82, 2.24) is 19.7 Å². The minimum atomic E-state index is -0.129. The molecule has 1 unspecified atom stereocenters. The van der Waals surface area contributed by atoms with Gasteiger partial charge in [0.1, 0.15) is 5.65 Å². The van der Waals surface area contributed by atoms with E-state index in [-0.39, 0.29) is 18.4 Å². The molecule has 0 saturated heterocycles. The van der Waals surface area contributed by atoms with Crippen LogP contribution < -0.4 is 5.32 Å². The van der Waals surface area contributed by atoms with Gasteiger partial charge in [0.2, 0.25) is 5.91 Å². The zero-order valence-corrected chi connectivity index (χ0v) is 17.9. The molecule has 0 radical (unpaired) electrons. The van der Waals surface area contributed by atoms with Gasteiger partial charge in [-0.2, -0.15) is 0 Å². The number of nitrogens with zero attached hydrogens (tertiary/aromatic N) is 3. The fourth-order valence-electron chi connectivity index (χ4n) is 3.41. The van der Waals surface area contributed by atoms with Gasteiger partial charge in [-0.15, -0.1) is 11.3 Å². The Hall–Kier alpha value is -2.99. The SMILES string of the molecule is Cc1ccc(-c2nc3ccc(C)cn3c2CC(=O)NC(C)c2csc(C)n2)cc1. The molecule has 0 spiro atoms. The predicted octanol–water partition coefficient (Wildman–Crippen LogP) is 4.80. The summed E-state index contributed by atoms with van der Waals surface area (Å²) in [5.74, 6) is -0.0418. The van der Waals surface area contributed by atoms with E-state index in [0.717, 1.165) is 38.9 Å². The van der Waals surface area contributed by atoms with Crippen molar-refractivity contribution < 1.29 is 4.79 Å². The van der Waals surface area contributed by atoms with Gasteiger partial charge < -0.3 is 9.72 Å². The monoisotopic (exact) mass is 404 g/mol. The number of amides is 1. The topological polar surface area (TPSA) is 59.3 Å². The highest BCUT2D eigenvalue weighted by atomic mass is 32.1. The molecule has 0 aliphatic carbocycles. The molecule has 4 rings (SSSR count). The number of thiazole rings is 1. The van der Waals surface area contributed by atoms with Gasteiger partial charge in [0.05, 0.1) is 34.6 Å². The standard InChI is InChI=1S/C23H24N4OS/c1-14-5-8-18(9-6-14)23-20(27-12-15(2)7-10-21(27)26-23)11-22(28)24-16(3)19-13-29-17(4)25-19/h5-10,12-13,16H,11H2,1-4H3,(H,24,28). The third kappa shape index (κ3) is 4.07. The average Bonchev–Trinajstić information content (AvgIpc) is 3.26. The number of hydrogen-bond donors (Lipinski definition) is 1. The zero-order valence-electron chi connectivity index (χ0n) is 17.1. The lowest BCUT2D eigenvalue weighted by Gasteiger charge is -2.12. The molecular weight excluding hydrogens is 380 g/mol. The Balaban J connectivity index is 1.67. The molecular formula is C23H24N4OS. The molecule has 0 fully saturated rings. The largest absolute Gasteiger partial charge is 0.348 e. The highest BCUT2D eigenvalue weighted by Crippen LogP contribution is 2.26. The van der Waals surface area contributed by atoms with E-state index in [4.69, 9.17) is 4.98 Å². The molecule has 1 amide bonds. The number of rotatable bonds is 5. The molecule has 3 aromatic heterocycles. The summed E-state index contributed by atoms with van der Waals surface area (Å²) < 4.78 is 2.03. The van der Waals surface area contributed by atoms with Gasteiger partial charge in [-0.25, -0.2) is 9.97 Å². The first-order valence-electron chi connectivity index (χ1n) is 9.66. The second-order valence-electron chi connectivity index (χ2n) is 7.47. The lowest BCUT2D eigenvalue weighted by atomic mass is 10.1. The maximum atomic E-state index is 12.9. The Morgan fingerprint density at radius 1 is 1.07 bits per heavy atom.